The van der Waals surface area contributed by atoms with E-state index in [0.717, 1.165) is 4.47 Å². The highest BCUT2D eigenvalue weighted by Gasteiger charge is 2.04. The Bertz CT molecular complexity index is 650. The summed E-state index contributed by atoms with van der Waals surface area (Å²) < 4.78 is 0.817. The van der Waals surface area contributed by atoms with Crippen LogP contribution in [-0.4, -0.2) is 5.91 Å². The second-order valence-electron chi connectivity index (χ2n) is 3.94. The van der Waals surface area contributed by atoms with E-state index < -0.39 is 0 Å². The third-order valence-electron chi connectivity index (χ3n) is 2.53. The van der Waals surface area contributed by atoms with Gasteiger partial charge in [-0.3, -0.25) is 4.79 Å². The van der Waals surface area contributed by atoms with Crippen molar-refractivity contribution in [2.24, 2.45) is 0 Å². The van der Waals surface area contributed by atoms with Crippen molar-refractivity contribution in [1.29, 1.82) is 0 Å². The van der Waals surface area contributed by atoms with Crippen LogP contribution in [0.3, 0.4) is 0 Å². The van der Waals surface area contributed by atoms with Gasteiger partial charge in [0.15, 0.2) is 0 Å². The molecule has 0 saturated heterocycles. The number of carbonyl (C=O) groups is 1. The number of halogens is 3. The van der Waals surface area contributed by atoms with Gasteiger partial charge in [-0.25, -0.2) is 0 Å². The maximum absolute atomic E-state index is 11.9. The zero-order valence-electron chi connectivity index (χ0n) is 10.2. The largest absolute Gasteiger partial charge is 0.321 e. The van der Waals surface area contributed by atoms with Gasteiger partial charge in [0.25, 0.3) is 0 Å². The van der Waals surface area contributed by atoms with Gasteiger partial charge >= 0.3 is 0 Å². The molecule has 102 valence electrons. The molecular weight excluding hydrogens is 361 g/mol. The number of anilines is 1. The van der Waals surface area contributed by atoms with E-state index in [0.29, 0.717) is 21.3 Å². The second kappa shape index (κ2) is 6.93. The lowest BCUT2D eigenvalue weighted by molar-refractivity contribution is -0.111. The topological polar surface area (TPSA) is 29.1 Å². The molecule has 1 amide bonds. The van der Waals surface area contributed by atoms with E-state index in [-0.39, 0.29) is 5.91 Å². The Morgan fingerprint density at radius 3 is 2.35 bits per heavy atom. The number of hydrogen-bond acceptors (Lipinski definition) is 1. The molecule has 0 radical (unpaired) electrons. The van der Waals surface area contributed by atoms with Gasteiger partial charge in [0.1, 0.15) is 0 Å². The smallest absolute Gasteiger partial charge is 0.248 e. The summed E-state index contributed by atoms with van der Waals surface area (Å²) in [6.45, 7) is 0. The molecule has 2 nitrogen and oxygen atoms in total. The fourth-order valence-electron chi connectivity index (χ4n) is 1.57. The van der Waals surface area contributed by atoms with Crippen LogP contribution in [0, 0.1) is 0 Å². The van der Waals surface area contributed by atoms with E-state index in [1.54, 1.807) is 30.3 Å². The van der Waals surface area contributed by atoms with Crippen molar-refractivity contribution >= 4 is 56.8 Å². The van der Waals surface area contributed by atoms with Crippen molar-refractivity contribution in [2.75, 3.05) is 5.32 Å². The number of rotatable bonds is 3. The molecule has 0 aliphatic heterocycles. The molecule has 20 heavy (non-hydrogen) atoms. The number of benzene rings is 2. The zero-order valence-corrected chi connectivity index (χ0v) is 13.3. The Morgan fingerprint density at radius 2 is 1.70 bits per heavy atom. The summed E-state index contributed by atoms with van der Waals surface area (Å²) in [7, 11) is 0. The van der Waals surface area contributed by atoms with Crippen LogP contribution in [0.4, 0.5) is 5.69 Å². The molecule has 0 aliphatic rings. The summed E-state index contributed by atoms with van der Waals surface area (Å²) in [6.07, 6.45) is 2.99. The Morgan fingerprint density at radius 1 is 1.05 bits per heavy atom. The summed E-state index contributed by atoms with van der Waals surface area (Å²) in [5, 5.41) is 3.77. The van der Waals surface area contributed by atoms with Crippen LogP contribution >= 0.6 is 39.1 Å². The van der Waals surface area contributed by atoms with E-state index in [9.17, 15) is 4.79 Å². The highest BCUT2D eigenvalue weighted by molar-refractivity contribution is 9.10. The molecule has 2 aromatic carbocycles. The molecule has 0 heterocycles. The first kappa shape index (κ1) is 15.1. The molecule has 0 spiro atoms. The third-order valence-corrected chi connectivity index (χ3v) is 3.88. The molecule has 0 bridgehead atoms. The Hall–Kier alpha value is -1.29. The van der Waals surface area contributed by atoms with Crippen LogP contribution in [0.5, 0.6) is 0 Å². The number of hydrogen-bond donors (Lipinski definition) is 1. The van der Waals surface area contributed by atoms with Gasteiger partial charge in [-0.2, -0.15) is 0 Å². The van der Waals surface area contributed by atoms with Gasteiger partial charge in [0.05, 0.1) is 5.69 Å². The van der Waals surface area contributed by atoms with Gasteiger partial charge in [0, 0.05) is 26.2 Å². The molecule has 5 heteroatoms. The number of carbonyl (C=O) groups excluding carboxylic acids is 1. The van der Waals surface area contributed by atoms with Gasteiger partial charge in [-0.15, -0.1) is 0 Å². The standard InChI is InChI=1S/C15H10BrCl2NO/c16-11-4-1-2-7-14(11)19-15(20)9-8-10-12(17)5-3-6-13(10)18/h1-9H,(H,19,20)/b9-8-. The fourth-order valence-corrected chi connectivity index (χ4v) is 2.47. The summed E-state index contributed by atoms with van der Waals surface area (Å²) in [4.78, 5) is 11.9. The minimum Gasteiger partial charge on any atom is -0.321 e. The van der Waals surface area contributed by atoms with Crippen molar-refractivity contribution in [2.45, 2.75) is 0 Å². The molecule has 0 aliphatic carbocycles. The third kappa shape index (κ3) is 3.85. The highest BCUT2D eigenvalue weighted by atomic mass is 79.9. The average Bonchev–Trinajstić information content (AvgIpc) is 2.41. The minimum atomic E-state index is -0.257. The first-order chi connectivity index (χ1) is 9.58. The van der Waals surface area contributed by atoms with E-state index in [2.05, 4.69) is 21.2 Å². The normalized spacial score (nSPS) is 10.8. The first-order valence-corrected chi connectivity index (χ1v) is 7.30. The molecule has 1 N–H and O–H groups in total. The van der Waals surface area contributed by atoms with Crippen LogP contribution < -0.4 is 5.32 Å². The number of amides is 1. The van der Waals surface area contributed by atoms with E-state index in [4.69, 9.17) is 23.2 Å². The maximum Gasteiger partial charge on any atom is 0.248 e. The number of nitrogens with one attached hydrogen (secondary N) is 1. The van der Waals surface area contributed by atoms with Crippen LogP contribution in [0.1, 0.15) is 5.56 Å². The SMILES string of the molecule is O=C(/C=C\c1c(Cl)cccc1Cl)Nc1ccccc1Br. The molecule has 0 atom stereocenters. The van der Waals surface area contributed by atoms with Crippen molar-refractivity contribution in [3.05, 3.63) is 68.6 Å². The van der Waals surface area contributed by atoms with Crippen molar-refractivity contribution in [3.8, 4) is 0 Å². The van der Waals surface area contributed by atoms with Crippen LogP contribution in [0.25, 0.3) is 6.08 Å². The minimum absolute atomic E-state index is 0.257. The lowest BCUT2D eigenvalue weighted by Gasteiger charge is -2.04. The molecule has 0 unspecified atom stereocenters. The highest BCUT2D eigenvalue weighted by Crippen LogP contribution is 2.25. The van der Waals surface area contributed by atoms with E-state index >= 15 is 0 Å². The summed E-state index contributed by atoms with van der Waals surface area (Å²) >= 11 is 15.4. The second-order valence-corrected chi connectivity index (χ2v) is 5.61. The Balaban J connectivity index is 2.12. The lowest BCUT2D eigenvalue weighted by Crippen LogP contribution is -2.08. The van der Waals surface area contributed by atoms with Gasteiger partial charge in [0.2, 0.25) is 5.91 Å². The molecule has 2 rings (SSSR count). The van der Waals surface area contributed by atoms with Crippen LogP contribution in [0.15, 0.2) is 53.0 Å². The molecule has 0 fully saturated rings. The van der Waals surface area contributed by atoms with Crippen LogP contribution in [0.2, 0.25) is 10.0 Å². The monoisotopic (exact) mass is 369 g/mol. The quantitative estimate of drug-likeness (QED) is 0.719. The summed E-state index contributed by atoms with van der Waals surface area (Å²) in [5.74, 6) is -0.257. The van der Waals surface area contributed by atoms with Gasteiger partial charge < -0.3 is 5.32 Å². The molecular formula is C15H10BrCl2NO. The van der Waals surface area contributed by atoms with Crippen LogP contribution in [-0.2, 0) is 4.79 Å². The predicted molar refractivity (Wildman–Crippen MR) is 88.3 cm³/mol. The van der Waals surface area contributed by atoms with Crippen molar-refractivity contribution < 1.29 is 4.79 Å². The predicted octanol–water partition coefficient (Wildman–Crippen LogP) is 5.41. The van der Waals surface area contributed by atoms with Crippen molar-refractivity contribution in [1.82, 2.24) is 0 Å². The summed E-state index contributed by atoms with van der Waals surface area (Å²) in [5.41, 5.74) is 1.32. The Labute approximate surface area is 135 Å². The molecule has 2 aromatic rings. The number of para-hydroxylation sites is 1. The molecule has 0 saturated carbocycles. The lowest BCUT2D eigenvalue weighted by atomic mass is 10.2. The zero-order chi connectivity index (χ0) is 14.5. The van der Waals surface area contributed by atoms with Gasteiger partial charge in [-0.05, 0) is 46.3 Å². The van der Waals surface area contributed by atoms with Crippen molar-refractivity contribution in [3.63, 3.8) is 0 Å². The Kier molecular flexibility index (Phi) is 5.24. The summed E-state index contributed by atoms with van der Waals surface area (Å²) in [6, 6.07) is 12.6. The average molecular weight is 371 g/mol. The maximum atomic E-state index is 11.9. The van der Waals surface area contributed by atoms with Gasteiger partial charge in [-0.1, -0.05) is 41.4 Å². The van der Waals surface area contributed by atoms with E-state index in [1.807, 2.05) is 18.2 Å². The molecule has 0 aromatic heterocycles. The van der Waals surface area contributed by atoms with E-state index in [1.165, 1.54) is 6.08 Å². The first-order valence-electron chi connectivity index (χ1n) is 5.75. The fraction of sp³-hybridized carbons (Fsp3) is 0.